The van der Waals surface area contributed by atoms with Crippen LogP contribution in [0.1, 0.15) is 6.92 Å². The minimum Gasteiger partial charge on any atom is -0.338 e. The second-order valence-electron chi connectivity index (χ2n) is 4.48. The normalized spacial score (nSPS) is 19.3. The summed E-state index contributed by atoms with van der Waals surface area (Å²) in [6, 6.07) is 2.45. The molecule has 1 fully saturated rings. The van der Waals surface area contributed by atoms with E-state index in [0.717, 1.165) is 38.7 Å². The van der Waals surface area contributed by atoms with Gasteiger partial charge in [-0.2, -0.15) is 0 Å². The van der Waals surface area contributed by atoms with E-state index in [1.807, 2.05) is 13.1 Å². The van der Waals surface area contributed by atoms with Crippen LogP contribution >= 0.6 is 0 Å². The number of anilines is 1. The molecular formula is C12H21N5. The highest BCUT2D eigenvalue weighted by Gasteiger charge is 2.21. The summed E-state index contributed by atoms with van der Waals surface area (Å²) in [7, 11) is 2.00. The molecule has 0 amide bonds. The van der Waals surface area contributed by atoms with Crippen molar-refractivity contribution in [2.24, 2.45) is 0 Å². The van der Waals surface area contributed by atoms with Gasteiger partial charge in [-0.25, -0.2) is 9.97 Å². The van der Waals surface area contributed by atoms with Crippen LogP contribution < -0.4 is 10.2 Å². The zero-order chi connectivity index (χ0) is 12.1. The number of nitrogens with one attached hydrogen (secondary N) is 1. The Balaban J connectivity index is 1.86. The molecule has 0 saturated carbocycles. The Hall–Kier alpha value is -1.20. The van der Waals surface area contributed by atoms with Crippen molar-refractivity contribution in [3.05, 3.63) is 18.5 Å². The highest BCUT2D eigenvalue weighted by molar-refractivity contribution is 5.29. The monoisotopic (exact) mass is 235 g/mol. The van der Waals surface area contributed by atoms with Crippen LogP contribution in [0.3, 0.4) is 0 Å². The first-order chi connectivity index (χ1) is 8.31. The zero-order valence-electron chi connectivity index (χ0n) is 10.6. The first-order valence-electron chi connectivity index (χ1n) is 6.22. The third kappa shape index (κ3) is 3.14. The first kappa shape index (κ1) is 12.3. The Kier molecular flexibility index (Phi) is 4.28. The summed E-state index contributed by atoms with van der Waals surface area (Å²) >= 11 is 0. The average molecular weight is 235 g/mol. The average Bonchev–Trinajstić information content (AvgIpc) is 2.40. The molecule has 1 unspecified atom stereocenters. The van der Waals surface area contributed by atoms with Gasteiger partial charge in [0.15, 0.2) is 0 Å². The van der Waals surface area contributed by atoms with Crippen molar-refractivity contribution in [3.63, 3.8) is 0 Å². The maximum absolute atomic E-state index is 4.29. The Bertz CT molecular complexity index is 321. The quantitative estimate of drug-likeness (QED) is 0.808. The number of rotatable bonds is 4. The third-order valence-electron chi connectivity index (χ3n) is 3.27. The number of piperazine rings is 1. The highest BCUT2D eigenvalue weighted by atomic mass is 15.3. The van der Waals surface area contributed by atoms with Crippen LogP contribution in [-0.4, -0.2) is 60.7 Å². The van der Waals surface area contributed by atoms with Gasteiger partial charge in [0.1, 0.15) is 0 Å². The van der Waals surface area contributed by atoms with E-state index >= 15 is 0 Å². The maximum Gasteiger partial charge on any atom is 0.225 e. The molecule has 94 valence electrons. The number of nitrogens with zero attached hydrogens (tertiary/aromatic N) is 4. The van der Waals surface area contributed by atoms with Gasteiger partial charge in [-0.1, -0.05) is 0 Å². The Labute approximate surface area is 103 Å². The van der Waals surface area contributed by atoms with Crippen molar-refractivity contribution >= 4 is 5.95 Å². The number of likely N-dealkylation sites (N-methyl/N-ethyl adjacent to an activating group) is 1. The van der Waals surface area contributed by atoms with Crippen LogP contribution in [-0.2, 0) is 0 Å². The van der Waals surface area contributed by atoms with Crippen LogP contribution in [0.15, 0.2) is 18.5 Å². The molecule has 1 saturated heterocycles. The Morgan fingerprint density at radius 2 is 1.88 bits per heavy atom. The van der Waals surface area contributed by atoms with Crippen LogP contribution in [0.5, 0.6) is 0 Å². The summed E-state index contributed by atoms with van der Waals surface area (Å²) in [4.78, 5) is 13.3. The smallest absolute Gasteiger partial charge is 0.225 e. The summed E-state index contributed by atoms with van der Waals surface area (Å²) in [5.41, 5.74) is 0. The molecule has 0 bridgehead atoms. The summed E-state index contributed by atoms with van der Waals surface area (Å²) < 4.78 is 0. The van der Waals surface area contributed by atoms with Crippen LogP contribution in [0.25, 0.3) is 0 Å². The summed E-state index contributed by atoms with van der Waals surface area (Å²) in [6.07, 6.45) is 3.61. The van der Waals surface area contributed by atoms with Crippen molar-refractivity contribution in [3.8, 4) is 0 Å². The van der Waals surface area contributed by atoms with Gasteiger partial charge in [-0.3, -0.25) is 4.90 Å². The van der Waals surface area contributed by atoms with E-state index in [2.05, 4.69) is 32.0 Å². The molecule has 2 heterocycles. The summed E-state index contributed by atoms with van der Waals surface area (Å²) in [5.74, 6) is 0.855. The molecule has 0 aliphatic carbocycles. The minimum absolute atomic E-state index is 0.596. The standard InChI is InChI=1S/C12H21N5/c1-11(10-13-2)16-6-8-17(9-7-16)12-14-4-3-5-15-12/h3-5,11,13H,6-10H2,1-2H3. The lowest BCUT2D eigenvalue weighted by Crippen LogP contribution is -2.52. The molecule has 1 aromatic rings. The number of hydrogen-bond acceptors (Lipinski definition) is 5. The molecule has 5 heteroatoms. The fourth-order valence-corrected chi connectivity index (χ4v) is 2.24. The molecule has 0 radical (unpaired) electrons. The molecule has 1 atom stereocenters. The van der Waals surface area contributed by atoms with E-state index < -0.39 is 0 Å². The summed E-state index contributed by atoms with van der Waals surface area (Å²) in [5, 5.41) is 3.23. The fraction of sp³-hybridized carbons (Fsp3) is 0.667. The van der Waals surface area contributed by atoms with Crippen molar-refractivity contribution in [2.75, 3.05) is 44.7 Å². The molecule has 1 aliphatic rings. The predicted molar refractivity (Wildman–Crippen MR) is 69.2 cm³/mol. The van der Waals surface area contributed by atoms with Gasteiger partial charge in [0, 0.05) is 51.2 Å². The van der Waals surface area contributed by atoms with Gasteiger partial charge in [-0.05, 0) is 20.0 Å². The second-order valence-corrected chi connectivity index (χ2v) is 4.48. The first-order valence-corrected chi connectivity index (χ1v) is 6.22. The van der Waals surface area contributed by atoms with Gasteiger partial charge in [0.25, 0.3) is 0 Å². The lowest BCUT2D eigenvalue weighted by molar-refractivity contribution is 0.194. The lowest BCUT2D eigenvalue weighted by atomic mass is 10.2. The molecule has 5 nitrogen and oxygen atoms in total. The van der Waals surface area contributed by atoms with Crippen molar-refractivity contribution in [1.29, 1.82) is 0 Å². The van der Waals surface area contributed by atoms with Gasteiger partial charge >= 0.3 is 0 Å². The molecule has 1 aromatic heterocycles. The molecule has 0 aromatic carbocycles. The lowest BCUT2D eigenvalue weighted by Gasteiger charge is -2.37. The molecule has 2 rings (SSSR count). The van der Waals surface area contributed by atoms with Gasteiger partial charge in [0.05, 0.1) is 0 Å². The number of aromatic nitrogens is 2. The second kappa shape index (κ2) is 5.93. The zero-order valence-corrected chi connectivity index (χ0v) is 10.6. The van der Waals surface area contributed by atoms with Crippen molar-refractivity contribution in [1.82, 2.24) is 20.2 Å². The van der Waals surface area contributed by atoms with E-state index in [1.54, 1.807) is 12.4 Å². The van der Waals surface area contributed by atoms with Crippen molar-refractivity contribution < 1.29 is 0 Å². The molecule has 1 N–H and O–H groups in total. The molecule has 0 spiro atoms. The SMILES string of the molecule is CNCC(C)N1CCN(c2ncccn2)CC1. The highest BCUT2D eigenvalue weighted by Crippen LogP contribution is 2.11. The van der Waals surface area contributed by atoms with Crippen LogP contribution in [0.2, 0.25) is 0 Å². The topological polar surface area (TPSA) is 44.3 Å². The van der Waals surface area contributed by atoms with Crippen LogP contribution in [0, 0.1) is 0 Å². The van der Waals surface area contributed by atoms with Gasteiger partial charge in [0.2, 0.25) is 5.95 Å². The number of hydrogen-bond donors (Lipinski definition) is 1. The fourth-order valence-electron chi connectivity index (χ4n) is 2.24. The third-order valence-corrected chi connectivity index (χ3v) is 3.27. The largest absolute Gasteiger partial charge is 0.338 e. The summed E-state index contributed by atoms with van der Waals surface area (Å²) in [6.45, 7) is 7.51. The van der Waals surface area contributed by atoms with E-state index in [1.165, 1.54) is 0 Å². The van der Waals surface area contributed by atoms with Gasteiger partial charge < -0.3 is 10.2 Å². The molecular weight excluding hydrogens is 214 g/mol. The van der Waals surface area contributed by atoms with Crippen molar-refractivity contribution in [2.45, 2.75) is 13.0 Å². The maximum atomic E-state index is 4.29. The minimum atomic E-state index is 0.596. The van der Waals surface area contributed by atoms with E-state index in [-0.39, 0.29) is 0 Å². The van der Waals surface area contributed by atoms with Crippen LogP contribution in [0.4, 0.5) is 5.95 Å². The molecule has 17 heavy (non-hydrogen) atoms. The van der Waals surface area contributed by atoms with E-state index in [9.17, 15) is 0 Å². The Morgan fingerprint density at radius 1 is 1.24 bits per heavy atom. The van der Waals surface area contributed by atoms with E-state index in [4.69, 9.17) is 0 Å². The molecule has 1 aliphatic heterocycles. The van der Waals surface area contributed by atoms with Gasteiger partial charge in [-0.15, -0.1) is 0 Å². The van der Waals surface area contributed by atoms with E-state index in [0.29, 0.717) is 6.04 Å². The predicted octanol–water partition coefficient (Wildman–Crippen LogP) is 0.206. The Morgan fingerprint density at radius 3 is 2.47 bits per heavy atom.